The second-order valence-corrected chi connectivity index (χ2v) is 7.04. The van der Waals surface area contributed by atoms with E-state index in [1.807, 2.05) is 6.92 Å². The molecule has 0 heterocycles. The van der Waals surface area contributed by atoms with E-state index in [9.17, 15) is 4.79 Å². The van der Waals surface area contributed by atoms with Crippen LogP contribution in [-0.2, 0) is 9.53 Å². The minimum Gasteiger partial charge on any atom is -0.469 e. The summed E-state index contributed by atoms with van der Waals surface area (Å²) in [6.45, 7) is 4.34. The fourth-order valence-electron chi connectivity index (χ4n) is 4.01. The quantitative estimate of drug-likeness (QED) is 0.541. The highest BCUT2D eigenvalue weighted by Crippen LogP contribution is 2.43. The molecule has 2 aliphatic rings. The Kier molecular flexibility index (Phi) is 5.29. The largest absolute Gasteiger partial charge is 0.469 e. The van der Waals surface area contributed by atoms with Gasteiger partial charge in [-0.3, -0.25) is 4.79 Å². The summed E-state index contributed by atoms with van der Waals surface area (Å²) in [6, 6.07) is 0. The predicted octanol–water partition coefficient (Wildman–Crippen LogP) is 4.88. The van der Waals surface area contributed by atoms with Gasteiger partial charge < -0.3 is 4.74 Å². The number of hydrogen-bond donors (Lipinski definition) is 0. The molecule has 2 nitrogen and oxygen atoms in total. The lowest BCUT2D eigenvalue weighted by molar-refractivity contribution is -0.152. The average Bonchev–Trinajstić information content (AvgIpc) is 2.48. The Bertz CT molecular complexity index is 364. The Morgan fingerprint density at radius 2 is 2.05 bits per heavy atom. The van der Waals surface area contributed by atoms with Gasteiger partial charge in [0.2, 0.25) is 0 Å². The Morgan fingerprint density at radius 3 is 2.55 bits per heavy atom. The molecule has 0 amide bonds. The van der Waals surface area contributed by atoms with Crippen molar-refractivity contribution in [2.75, 3.05) is 7.11 Å². The van der Waals surface area contributed by atoms with E-state index in [4.69, 9.17) is 4.74 Å². The summed E-state index contributed by atoms with van der Waals surface area (Å²) in [5.41, 5.74) is 1.35. The highest BCUT2D eigenvalue weighted by Gasteiger charge is 2.37. The first-order valence-electron chi connectivity index (χ1n) is 8.36. The van der Waals surface area contributed by atoms with Crippen LogP contribution >= 0.6 is 0 Å². The van der Waals surface area contributed by atoms with Gasteiger partial charge in [0.05, 0.1) is 12.5 Å². The van der Waals surface area contributed by atoms with E-state index < -0.39 is 0 Å². The van der Waals surface area contributed by atoms with Gasteiger partial charge in [-0.25, -0.2) is 0 Å². The van der Waals surface area contributed by atoms with Crippen LogP contribution in [0.1, 0.15) is 71.6 Å². The number of methoxy groups -OCH3 is 1. The van der Waals surface area contributed by atoms with E-state index in [1.54, 1.807) is 5.57 Å². The number of hydrogen-bond acceptors (Lipinski definition) is 2. The molecule has 0 aromatic rings. The number of carbonyl (C=O) groups excluding carboxylic acids is 1. The molecule has 0 N–H and O–H groups in total. The first-order valence-corrected chi connectivity index (χ1v) is 8.36. The summed E-state index contributed by atoms with van der Waals surface area (Å²) in [6.07, 6.45) is 13.6. The summed E-state index contributed by atoms with van der Waals surface area (Å²) in [7, 11) is 1.50. The van der Waals surface area contributed by atoms with Gasteiger partial charge in [0.15, 0.2) is 0 Å². The third kappa shape index (κ3) is 3.45. The molecule has 0 bridgehead atoms. The van der Waals surface area contributed by atoms with Crippen molar-refractivity contribution in [2.24, 2.45) is 17.3 Å². The number of allylic oxidation sites excluding steroid dienone is 2. The maximum Gasteiger partial charge on any atom is 0.311 e. The summed E-state index contributed by atoms with van der Waals surface area (Å²) in [5, 5.41) is 0. The van der Waals surface area contributed by atoms with Gasteiger partial charge in [-0.1, -0.05) is 31.4 Å². The number of carbonyl (C=O) groups is 1. The normalized spacial score (nSPS) is 34.5. The molecule has 20 heavy (non-hydrogen) atoms. The molecule has 1 unspecified atom stereocenters. The lowest BCUT2D eigenvalue weighted by Gasteiger charge is -2.35. The van der Waals surface area contributed by atoms with Crippen molar-refractivity contribution in [3.05, 3.63) is 11.6 Å². The van der Waals surface area contributed by atoms with Gasteiger partial charge in [-0.05, 0) is 63.7 Å². The number of rotatable bonds is 4. The Morgan fingerprint density at radius 1 is 1.35 bits per heavy atom. The Labute approximate surface area is 124 Å². The second kappa shape index (κ2) is 6.78. The Balaban J connectivity index is 1.88. The van der Waals surface area contributed by atoms with Gasteiger partial charge >= 0.3 is 5.97 Å². The lowest BCUT2D eigenvalue weighted by atomic mass is 9.70. The SMILES string of the molecule is CCC[C@H]1CC[C@H](C2=CCC(C)(C(=O)OC)CC2)CC1. The average molecular weight is 278 g/mol. The maximum atomic E-state index is 11.8. The zero-order valence-corrected chi connectivity index (χ0v) is 13.4. The number of esters is 1. The highest BCUT2D eigenvalue weighted by molar-refractivity contribution is 5.76. The van der Waals surface area contributed by atoms with E-state index in [0.717, 1.165) is 31.1 Å². The number of ether oxygens (including phenoxy) is 1. The zero-order valence-electron chi connectivity index (χ0n) is 13.4. The summed E-state index contributed by atoms with van der Waals surface area (Å²) in [4.78, 5) is 11.8. The minimum atomic E-state index is -0.280. The molecule has 2 aliphatic carbocycles. The van der Waals surface area contributed by atoms with Crippen molar-refractivity contribution in [3.8, 4) is 0 Å². The van der Waals surface area contributed by atoms with Crippen LogP contribution in [0.25, 0.3) is 0 Å². The first kappa shape index (κ1) is 15.6. The minimum absolute atomic E-state index is 0.0422. The molecule has 1 atom stereocenters. The third-order valence-electron chi connectivity index (χ3n) is 5.53. The van der Waals surface area contributed by atoms with Crippen LogP contribution in [0.5, 0.6) is 0 Å². The monoisotopic (exact) mass is 278 g/mol. The molecule has 114 valence electrons. The fraction of sp³-hybridized carbons (Fsp3) is 0.833. The molecule has 2 heteroatoms. The van der Waals surface area contributed by atoms with E-state index >= 15 is 0 Å². The fourth-order valence-corrected chi connectivity index (χ4v) is 4.01. The van der Waals surface area contributed by atoms with Crippen molar-refractivity contribution in [1.29, 1.82) is 0 Å². The van der Waals surface area contributed by atoms with Crippen LogP contribution in [0.4, 0.5) is 0 Å². The molecule has 1 fully saturated rings. The van der Waals surface area contributed by atoms with Crippen LogP contribution in [-0.4, -0.2) is 13.1 Å². The summed E-state index contributed by atoms with van der Waals surface area (Å²) >= 11 is 0. The van der Waals surface area contributed by atoms with Crippen LogP contribution in [0.15, 0.2) is 11.6 Å². The molecular formula is C18H30O2. The van der Waals surface area contributed by atoms with Crippen molar-refractivity contribution in [1.82, 2.24) is 0 Å². The molecule has 1 saturated carbocycles. The van der Waals surface area contributed by atoms with Crippen LogP contribution < -0.4 is 0 Å². The molecule has 0 radical (unpaired) electrons. The summed E-state index contributed by atoms with van der Waals surface area (Å²) in [5.74, 6) is 1.73. The maximum absolute atomic E-state index is 11.8. The second-order valence-electron chi connectivity index (χ2n) is 7.04. The van der Waals surface area contributed by atoms with Gasteiger partial charge in [-0.2, -0.15) is 0 Å². The van der Waals surface area contributed by atoms with Crippen molar-refractivity contribution < 1.29 is 9.53 Å². The Hall–Kier alpha value is -0.790. The van der Waals surface area contributed by atoms with Crippen LogP contribution in [0, 0.1) is 17.3 Å². The predicted molar refractivity (Wildman–Crippen MR) is 82.4 cm³/mol. The van der Waals surface area contributed by atoms with Crippen molar-refractivity contribution >= 4 is 5.97 Å². The molecule has 0 aliphatic heterocycles. The third-order valence-corrected chi connectivity index (χ3v) is 5.53. The molecular weight excluding hydrogens is 248 g/mol. The lowest BCUT2D eigenvalue weighted by Crippen LogP contribution is -2.31. The van der Waals surface area contributed by atoms with Gasteiger partial charge in [0.25, 0.3) is 0 Å². The molecule has 0 aromatic carbocycles. The van der Waals surface area contributed by atoms with Gasteiger partial charge in [0.1, 0.15) is 0 Å². The van der Waals surface area contributed by atoms with Gasteiger partial charge in [-0.15, -0.1) is 0 Å². The van der Waals surface area contributed by atoms with Crippen molar-refractivity contribution in [2.45, 2.75) is 71.6 Å². The zero-order chi connectivity index (χ0) is 14.6. The smallest absolute Gasteiger partial charge is 0.311 e. The topological polar surface area (TPSA) is 26.3 Å². The van der Waals surface area contributed by atoms with E-state index in [1.165, 1.54) is 45.6 Å². The van der Waals surface area contributed by atoms with E-state index in [0.29, 0.717) is 0 Å². The molecule has 2 rings (SSSR count). The molecule has 0 aromatic heterocycles. The van der Waals surface area contributed by atoms with Crippen molar-refractivity contribution in [3.63, 3.8) is 0 Å². The molecule has 0 saturated heterocycles. The van der Waals surface area contributed by atoms with Gasteiger partial charge in [0, 0.05) is 0 Å². The van der Waals surface area contributed by atoms with Crippen LogP contribution in [0.3, 0.4) is 0 Å². The van der Waals surface area contributed by atoms with Crippen LogP contribution in [0.2, 0.25) is 0 Å². The van der Waals surface area contributed by atoms with E-state index in [-0.39, 0.29) is 11.4 Å². The molecule has 0 spiro atoms. The summed E-state index contributed by atoms with van der Waals surface area (Å²) < 4.78 is 4.95. The van der Waals surface area contributed by atoms with E-state index in [2.05, 4.69) is 13.0 Å². The first-order chi connectivity index (χ1) is 9.59. The standard InChI is InChI=1S/C18H30O2/c1-4-5-14-6-8-15(9-7-14)16-10-12-18(2,13-11-16)17(19)20-3/h10,14-15H,4-9,11-13H2,1-3H3/t14-,15-,18?. The highest BCUT2D eigenvalue weighted by atomic mass is 16.5.